The molecule has 0 unspecified atom stereocenters. The maximum absolute atomic E-state index is 12.1. The third kappa shape index (κ3) is 4.63. The summed E-state index contributed by atoms with van der Waals surface area (Å²) in [6.45, 7) is -0.464. The predicted molar refractivity (Wildman–Crippen MR) is 83.7 cm³/mol. The van der Waals surface area contributed by atoms with Crippen LogP contribution in [0.5, 0.6) is 0 Å². The highest BCUT2D eigenvalue weighted by atomic mass is 32.2. The number of hydrogen-bond acceptors (Lipinski definition) is 4. The molecule has 2 aromatic rings. The van der Waals surface area contributed by atoms with Crippen LogP contribution in [0.3, 0.4) is 0 Å². The highest BCUT2D eigenvalue weighted by molar-refractivity contribution is 7.89. The molecular formula is C15H14N2O5S. The molecule has 2 rings (SSSR count). The summed E-state index contributed by atoms with van der Waals surface area (Å²) < 4.78 is 26.3. The van der Waals surface area contributed by atoms with Gasteiger partial charge in [-0.05, 0) is 30.3 Å². The molecule has 3 N–H and O–H groups in total. The summed E-state index contributed by atoms with van der Waals surface area (Å²) in [5.41, 5.74) is 0.395. The number of rotatable bonds is 6. The van der Waals surface area contributed by atoms with Crippen molar-refractivity contribution in [2.24, 2.45) is 0 Å². The summed E-state index contributed by atoms with van der Waals surface area (Å²) in [6.07, 6.45) is 0. The Balaban J connectivity index is 2.03. The van der Waals surface area contributed by atoms with E-state index in [9.17, 15) is 18.0 Å². The van der Waals surface area contributed by atoms with Gasteiger partial charge in [-0.2, -0.15) is 0 Å². The summed E-state index contributed by atoms with van der Waals surface area (Å²) in [7, 11) is -3.98. The number of para-hydroxylation sites is 1. The first-order valence-corrected chi connectivity index (χ1v) is 8.05. The monoisotopic (exact) mass is 334 g/mol. The molecule has 0 aromatic heterocycles. The van der Waals surface area contributed by atoms with Gasteiger partial charge in [-0.1, -0.05) is 24.3 Å². The Labute approximate surface area is 133 Å². The van der Waals surface area contributed by atoms with E-state index >= 15 is 0 Å². The minimum atomic E-state index is -3.98. The van der Waals surface area contributed by atoms with Crippen LogP contribution in [-0.2, 0) is 14.8 Å². The molecule has 0 atom stereocenters. The van der Waals surface area contributed by atoms with E-state index in [0.717, 1.165) is 6.07 Å². The van der Waals surface area contributed by atoms with E-state index in [4.69, 9.17) is 5.11 Å². The van der Waals surface area contributed by atoms with Gasteiger partial charge in [0.1, 0.15) is 0 Å². The van der Waals surface area contributed by atoms with Crippen molar-refractivity contribution in [2.75, 3.05) is 11.9 Å². The van der Waals surface area contributed by atoms with Gasteiger partial charge in [-0.3, -0.25) is 4.79 Å². The number of carbonyl (C=O) groups excluding carboxylic acids is 1. The molecule has 0 aliphatic heterocycles. The van der Waals surface area contributed by atoms with Crippen LogP contribution in [0, 0.1) is 0 Å². The van der Waals surface area contributed by atoms with Crippen molar-refractivity contribution in [1.82, 2.24) is 4.72 Å². The number of anilines is 1. The van der Waals surface area contributed by atoms with Crippen molar-refractivity contribution in [1.29, 1.82) is 0 Å². The van der Waals surface area contributed by atoms with Crippen LogP contribution in [0.4, 0.5) is 5.69 Å². The first-order valence-electron chi connectivity index (χ1n) is 6.56. The Morgan fingerprint density at radius 3 is 2.35 bits per heavy atom. The van der Waals surface area contributed by atoms with Gasteiger partial charge < -0.3 is 10.4 Å². The minimum Gasteiger partial charge on any atom is -0.478 e. The van der Waals surface area contributed by atoms with Crippen LogP contribution in [0.2, 0.25) is 0 Å². The molecule has 0 spiro atoms. The van der Waals surface area contributed by atoms with Crippen LogP contribution in [0.1, 0.15) is 10.4 Å². The number of carboxylic acid groups (broad SMARTS) is 1. The smallest absolute Gasteiger partial charge is 0.335 e. The van der Waals surface area contributed by atoms with Gasteiger partial charge in [-0.25, -0.2) is 17.9 Å². The van der Waals surface area contributed by atoms with Gasteiger partial charge in [-0.15, -0.1) is 0 Å². The fraction of sp³-hybridized carbons (Fsp3) is 0.0667. The van der Waals surface area contributed by atoms with E-state index in [1.54, 1.807) is 30.3 Å². The SMILES string of the molecule is O=C(CNS(=O)(=O)c1cccc(C(=O)O)c1)Nc1ccccc1. The molecule has 0 saturated heterocycles. The molecule has 0 saturated carbocycles. The Hall–Kier alpha value is -2.71. The molecule has 0 aliphatic carbocycles. The largest absolute Gasteiger partial charge is 0.478 e. The van der Waals surface area contributed by atoms with Gasteiger partial charge >= 0.3 is 5.97 Å². The summed E-state index contributed by atoms with van der Waals surface area (Å²) in [5.74, 6) is -1.77. The zero-order valence-corrected chi connectivity index (χ0v) is 12.7. The molecule has 23 heavy (non-hydrogen) atoms. The lowest BCUT2D eigenvalue weighted by molar-refractivity contribution is -0.115. The van der Waals surface area contributed by atoms with Crippen molar-refractivity contribution < 1.29 is 23.1 Å². The highest BCUT2D eigenvalue weighted by Crippen LogP contribution is 2.11. The lowest BCUT2D eigenvalue weighted by atomic mass is 10.2. The van der Waals surface area contributed by atoms with Crippen molar-refractivity contribution in [3.8, 4) is 0 Å². The summed E-state index contributed by atoms with van der Waals surface area (Å²) in [6, 6.07) is 13.5. The minimum absolute atomic E-state index is 0.151. The maximum Gasteiger partial charge on any atom is 0.335 e. The Bertz CT molecular complexity index is 819. The average Bonchev–Trinajstić information content (AvgIpc) is 2.54. The standard InChI is InChI=1S/C15H14N2O5S/c18-14(17-12-6-2-1-3-7-12)10-16-23(21,22)13-8-4-5-11(9-13)15(19)20/h1-9,16H,10H2,(H,17,18)(H,19,20). The van der Waals surface area contributed by atoms with Gasteiger partial charge in [0.25, 0.3) is 0 Å². The number of aromatic carboxylic acids is 1. The quantitative estimate of drug-likeness (QED) is 0.737. The molecule has 8 heteroatoms. The molecular weight excluding hydrogens is 320 g/mol. The molecule has 0 bridgehead atoms. The fourth-order valence-corrected chi connectivity index (χ4v) is 2.79. The molecule has 1 amide bonds. The Kier molecular flexibility index (Phi) is 5.09. The van der Waals surface area contributed by atoms with Crippen LogP contribution < -0.4 is 10.0 Å². The zero-order valence-electron chi connectivity index (χ0n) is 11.9. The van der Waals surface area contributed by atoms with E-state index in [1.165, 1.54) is 18.2 Å². The predicted octanol–water partition coefficient (Wildman–Crippen LogP) is 1.30. The van der Waals surface area contributed by atoms with Crippen LogP contribution in [-0.4, -0.2) is 31.9 Å². The van der Waals surface area contributed by atoms with Crippen molar-refractivity contribution in [3.05, 3.63) is 60.2 Å². The molecule has 120 valence electrons. The van der Waals surface area contributed by atoms with Gasteiger partial charge in [0, 0.05) is 5.69 Å². The van der Waals surface area contributed by atoms with E-state index in [0.29, 0.717) is 5.69 Å². The van der Waals surface area contributed by atoms with E-state index in [-0.39, 0.29) is 10.5 Å². The average molecular weight is 334 g/mol. The van der Waals surface area contributed by atoms with E-state index in [1.807, 2.05) is 0 Å². The second-order valence-electron chi connectivity index (χ2n) is 4.57. The second kappa shape index (κ2) is 7.03. The van der Waals surface area contributed by atoms with Gasteiger partial charge in [0.2, 0.25) is 15.9 Å². The number of carbonyl (C=O) groups is 2. The van der Waals surface area contributed by atoms with Crippen molar-refractivity contribution in [3.63, 3.8) is 0 Å². The lowest BCUT2D eigenvalue weighted by Crippen LogP contribution is -2.33. The molecule has 0 radical (unpaired) electrons. The molecule has 7 nitrogen and oxygen atoms in total. The number of nitrogens with one attached hydrogen (secondary N) is 2. The van der Waals surface area contributed by atoms with E-state index < -0.39 is 28.4 Å². The van der Waals surface area contributed by atoms with Crippen molar-refractivity contribution in [2.45, 2.75) is 4.90 Å². The second-order valence-corrected chi connectivity index (χ2v) is 6.34. The van der Waals surface area contributed by atoms with Crippen LogP contribution in [0.15, 0.2) is 59.5 Å². The molecule has 0 heterocycles. The third-order valence-electron chi connectivity index (χ3n) is 2.87. The number of amides is 1. The molecule has 2 aromatic carbocycles. The zero-order chi connectivity index (χ0) is 16.9. The fourth-order valence-electron chi connectivity index (χ4n) is 1.77. The first kappa shape index (κ1) is 16.7. The first-order chi connectivity index (χ1) is 10.9. The lowest BCUT2D eigenvalue weighted by Gasteiger charge is -2.08. The van der Waals surface area contributed by atoms with Crippen LogP contribution >= 0.6 is 0 Å². The summed E-state index contributed by atoms with van der Waals surface area (Å²) in [5, 5.41) is 11.4. The number of sulfonamides is 1. The Morgan fingerprint density at radius 2 is 1.70 bits per heavy atom. The normalized spacial score (nSPS) is 11.0. The van der Waals surface area contributed by atoms with Crippen LogP contribution in [0.25, 0.3) is 0 Å². The summed E-state index contributed by atoms with van der Waals surface area (Å²) >= 11 is 0. The third-order valence-corrected chi connectivity index (χ3v) is 4.27. The molecule has 0 fully saturated rings. The maximum atomic E-state index is 12.1. The Morgan fingerprint density at radius 1 is 1.00 bits per heavy atom. The van der Waals surface area contributed by atoms with Crippen molar-refractivity contribution >= 4 is 27.6 Å². The van der Waals surface area contributed by atoms with Gasteiger partial charge in [0.05, 0.1) is 17.0 Å². The highest BCUT2D eigenvalue weighted by Gasteiger charge is 2.17. The van der Waals surface area contributed by atoms with Gasteiger partial charge in [0.15, 0.2) is 0 Å². The topological polar surface area (TPSA) is 113 Å². The molecule has 0 aliphatic rings. The summed E-state index contributed by atoms with van der Waals surface area (Å²) in [4.78, 5) is 22.4. The van der Waals surface area contributed by atoms with E-state index in [2.05, 4.69) is 10.0 Å². The number of carboxylic acids is 1. The number of hydrogen-bond donors (Lipinski definition) is 3. The number of benzene rings is 2.